The van der Waals surface area contributed by atoms with Crippen LogP contribution in [0.3, 0.4) is 0 Å². The normalized spacial score (nSPS) is 18.3. The average molecular weight is 266 g/mol. The van der Waals surface area contributed by atoms with Crippen LogP contribution in [0.2, 0.25) is 0 Å². The molecule has 4 nitrogen and oxygen atoms in total. The van der Waals surface area contributed by atoms with E-state index in [0.29, 0.717) is 12.1 Å². The van der Waals surface area contributed by atoms with Gasteiger partial charge in [0.25, 0.3) is 5.91 Å². The number of para-hydroxylation sites is 1. The number of nitrogens with one attached hydrogen (secondary N) is 2. The number of carbonyl (C=O) groups excluding carboxylic acids is 1. The fraction of sp³-hybridized carbons (Fsp3) is 0.500. The van der Waals surface area contributed by atoms with Gasteiger partial charge in [-0.25, -0.2) is 4.39 Å². The number of anilines is 1. The molecule has 0 radical (unpaired) electrons. The molecule has 1 heterocycles. The Bertz CT molecular complexity index is 445. The smallest absolute Gasteiger partial charge is 0.253 e. The maximum atomic E-state index is 13.5. The maximum absolute atomic E-state index is 13.5. The van der Waals surface area contributed by atoms with Crippen LogP contribution < -0.4 is 10.6 Å². The van der Waals surface area contributed by atoms with Gasteiger partial charge in [-0.05, 0) is 31.4 Å². The maximum Gasteiger partial charge on any atom is 0.253 e. The summed E-state index contributed by atoms with van der Waals surface area (Å²) in [6, 6.07) is 4.47. The number of rotatable bonds is 5. The van der Waals surface area contributed by atoms with E-state index in [1.165, 1.54) is 12.1 Å². The van der Waals surface area contributed by atoms with E-state index in [2.05, 4.69) is 10.6 Å². The molecule has 0 aliphatic carbocycles. The van der Waals surface area contributed by atoms with Gasteiger partial charge in [0.05, 0.1) is 17.4 Å². The van der Waals surface area contributed by atoms with Gasteiger partial charge in [0.15, 0.2) is 0 Å². The van der Waals surface area contributed by atoms with Crippen molar-refractivity contribution in [3.05, 3.63) is 29.6 Å². The highest BCUT2D eigenvalue weighted by molar-refractivity contribution is 5.99. The van der Waals surface area contributed by atoms with E-state index in [4.69, 9.17) is 4.74 Å². The second-order valence-corrected chi connectivity index (χ2v) is 4.59. The van der Waals surface area contributed by atoms with Gasteiger partial charge in [-0.15, -0.1) is 0 Å². The minimum atomic E-state index is -0.422. The number of ether oxygens (including phenoxy) is 1. The number of carbonyl (C=O) groups is 1. The Morgan fingerprint density at radius 2 is 2.37 bits per heavy atom. The molecule has 2 N–H and O–H groups in total. The van der Waals surface area contributed by atoms with Crippen LogP contribution in [0.1, 0.15) is 29.6 Å². The van der Waals surface area contributed by atoms with E-state index >= 15 is 0 Å². The molecule has 1 unspecified atom stereocenters. The number of amides is 1. The first-order valence-electron chi connectivity index (χ1n) is 6.58. The van der Waals surface area contributed by atoms with Crippen molar-refractivity contribution in [1.82, 2.24) is 5.32 Å². The van der Waals surface area contributed by atoms with Crippen molar-refractivity contribution >= 4 is 11.6 Å². The number of hydrogen-bond acceptors (Lipinski definition) is 3. The van der Waals surface area contributed by atoms with Crippen molar-refractivity contribution in [3.63, 3.8) is 0 Å². The van der Waals surface area contributed by atoms with Gasteiger partial charge in [-0.2, -0.15) is 0 Å². The topological polar surface area (TPSA) is 50.4 Å². The average Bonchev–Trinajstić information content (AvgIpc) is 2.91. The Labute approximate surface area is 112 Å². The molecule has 19 heavy (non-hydrogen) atoms. The van der Waals surface area contributed by atoms with Crippen molar-refractivity contribution in [3.8, 4) is 0 Å². The van der Waals surface area contributed by atoms with Crippen LogP contribution in [0.15, 0.2) is 18.2 Å². The fourth-order valence-corrected chi connectivity index (χ4v) is 2.28. The van der Waals surface area contributed by atoms with Crippen LogP contribution in [0, 0.1) is 5.82 Å². The van der Waals surface area contributed by atoms with E-state index in [1.54, 1.807) is 13.1 Å². The zero-order valence-electron chi connectivity index (χ0n) is 11.0. The molecule has 1 aliphatic heterocycles. The number of halogens is 1. The third-order valence-electron chi connectivity index (χ3n) is 3.28. The Morgan fingerprint density at radius 3 is 3.05 bits per heavy atom. The second kappa shape index (κ2) is 6.52. The largest absolute Gasteiger partial charge is 0.385 e. The summed E-state index contributed by atoms with van der Waals surface area (Å²) in [7, 11) is 1.60. The Hall–Kier alpha value is -1.62. The molecule has 0 aromatic heterocycles. The molecule has 1 atom stereocenters. The summed E-state index contributed by atoms with van der Waals surface area (Å²) in [5.74, 6) is -0.684. The Balaban J connectivity index is 1.90. The first kappa shape index (κ1) is 13.8. The quantitative estimate of drug-likeness (QED) is 0.858. The van der Waals surface area contributed by atoms with Crippen molar-refractivity contribution in [2.24, 2.45) is 0 Å². The molecular weight excluding hydrogens is 247 g/mol. The van der Waals surface area contributed by atoms with Crippen molar-refractivity contribution in [1.29, 1.82) is 0 Å². The second-order valence-electron chi connectivity index (χ2n) is 4.59. The molecule has 1 saturated heterocycles. The van der Waals surface area contributed by atoms with Crippen LogP contribution in [-0.2, 0) is 4.74 Å². The molecule has 2 rings (SSSR count). The third kappa shape index (κ3) is 3.44. The summed E-state index contributed by atoms with van der Waals surface area (Å²) in [6.45, 7) is 1.36. The van der Waals surface area contributed by atoms with E-state index < -0.39 is 5.82 Å². The van der Waals surface area contributed by atoms with Crippen LogP contribution in [0.25, 0.3) is 0 Å². The summed E-state index contributed by atoms with van der Waals surface area (Å²) >= 11 is 0. The molecule has 0 spiro atoms. The van der Waals surface area contributed by atoms with Gasteiger partial charge in [-0.3, -0.25) is 4.79 Å². The molecule has 1 aliphatic rings. The van der Waals surface area contributed by atoms with Crippen LogP contribution >= 0.6 is 0 Å². The van der Waals surface area contributed by atoms with Gasteiger partial charge < -0.3 is 15.4 Å². The third-order valence-corrected chi connectivity index (χ3v) is 3.28. The first-order chi connectivity index (χ1) is 9.22. The molecule has 1 amide bonds. The summed E-state index contributed by atoms with van der Waals surface area (Å²) in [5.41, 5.74) is 0.562. The van der Waals surface area contributed by atoms with Crippen LogP contribution in [0.5, 0.6) is 0 Å². The highest BCUT2D eigenvalue weighted by atomic mass is 19.1. The van der Waals surface area contributed by atoms with Crippen molar-refractivity contribution < 1.29 is 13.9 Å². The van der Waals surface area contributed by atoms with Crippen LogP contribution in [0.4, 0.5) is 10.1 Å². The van der Waals surface area contributed by atoms with E-state index in [0.717, 1.165) is 25.9 Å². The monoisotopic (exact) mass is 266 g/mol. The van der Waals surface area contributed by atoms with E-state index in [-0.39, 0.29) is 17.7 Å². The predicted molar refractivity (Wildman–Crippen MR) is 71.9 cm³/mol. The van der Waals surface area contributed by atoms with E-state index in [1.807, 2.05) is 0 Å². The summed E-state index contributed by atoms with van der Waals surface area (Å²) in [4.78, 5) is 12.0. The molecule has 5 heteroatoms. The van der Waals surface area contributed by atoms with Crippen molar-refractivity contribution in [2.45, 2.75) is 25.4 Å². The van der Waals surface area contributed by atoms with E-state index in [9.17, 15) is 9.18 Å². The lowest BCUT2D eigenvalue weighted by atomic mass is 10.1. The Morgan fingerprint density at radius 1 is 1.53 bits per heavy atom. The zero-order chi connectivity index (χ0) is 13.7. The molecule has 1 fully saturated rings. The molecule has 0 saturated carbocycles. The standard InChI is InChI=1S/C14H19FN2O2/c1-16-13-11(5-2-6-12(13)15)14(18)17-8-7-10-4-3-9-19-10/h2,5-6,10,16H,3-4,7-9H2,1H3,(H,17,18). The highest BCUT2D eigenvalue weighted by Crippen LogP contribution is 2.19. The zero-order valence-corrected chi connectivity index (χ0v) is 11.0. The van der Waals surface area contributed by atoms with Gasteiger partial charge in [-0.1, -0.05) is 6.07 Å². The fourth-order valence-electron chi connectivity index (χ4n) is 2.28. The highest BCUT2D eigenvalue weighted by Gasteiger charge is 2.17. The van der Waals surface area contributed by atoms with Gasteiger partial charge in [0.1, 0.15) is 5.82 Å². The van der Waals surface area contributed by atoms with Gasteiger partial charge >= 0.3 is 0 Å². The molecular formula is C14H19FN2O2. The predicted octanol–water partition coefficient (Wildman–Crippen LogP) is 2.17. The molecule has 1 aromatic rings. The first-order valence-corrected chi connectivity index (χ1v) is 6.58. The summed E-state index contributed by atoms with van der Waals surface area (Å²) < 4.78 is 19.0. The molecule has 0 bridgehead atoms. The lowest BCUT2D eigenvalue weighted by Crippen LogP contribution is -2.27. The lowest BCUT2D eigenvalue weighted by Gasteiger charge is -2.12. The summed E-state index contributed by atoms with van der Waals surface area (Å²) in [6.07, 6.45) is 3.19. The molecule has 104 valence electrons. The number of hydrogen-bond donors (Lipinski definition) is 2. The van der Waals surface area contributed by atoms with Gasteiger partial charge in [0, 0.05) is 20.2 Å². The minimum absolute atomic E-state index is 0.233. The van der Waals surface area contributed by atoms with Gasteiger partial charge in [0.2, 0.25) is 0 Å². The number of benzene rings is 1. The molecule has 1 aromatic carbocycles. The van der Waals surface area contributed by atoms with Crippen molar-refractivity contribution in [2.75, 3.05) is 25.5 Å². The Kier molecular flexibility index (Phi) is 4.74. The SMILES string of the molecule is CNc1c(F)cccc1C(=O)NCCC1CCCO1. The lowest BCUT2D eigenvalue weighted by molar-refractivity contribution is 0.0907. The van der Waals surface area contributed by atoms with Crippen LogP contribution in [-0.4, -0.2) is 32.2 Å². The minimum Gasteiger partial charge on any atom is -0.385 e. The summed E-state index contributed by atoms with van der Waals surface area (Å²) in [5, 5.41) is 5.52.